The third-order valence-corrected chi connectivity index (χ3v) is 7.65. The van der Waals surface area contributed by atoms with E-state index in [2.05, 4.69) is 20.9 Å². The number of halogens is 2. The maximum Gasteiger partial charge on any atom is 0.344 e. The second kappa shape index (κ2) is 11.5. The van der Waals surface area contributed by atoms with Crippen LogP contribution in [0.25, 0.3) is 17.0 Å². The smallest absolute Gasteiger partial charge is 0.344 e. The molecule has 0 atom stereocenters. The lowest BCUT2D eigenvalue weighted by Gasteiger charge is -2.06. The van der Waals surface area contributed by atoms with Gasteiger partial charge in [0, 0.05) is 32.7 Å². The van der Waals surface area contributed by atoms with Crippen LogP contribution in [0.4, 0.5) is 10.1 Å². The number of aliphatic hydroxyl groups is 1. The van der Waals surface area contributed by atoms with Gasteiger partial charge in [-0.1, -0.05) is 45.9 Å². The molecule has 1 aliphatic heterocycles. The first kappa shape index (κ1) is 26.8. The van der Waals surface area contributed by atoms with Crippen molar-refractivity contribution in [3.05, 3.63) is 111 Å². The molecule has 2 heterocycles. The highest BCUT2D eigenvalue weighted by Crippen LogP contribution is 2.41. The van der Waals surface area contributed by atoms with Gasteiger partial charge in [-0.15, -0.1) is 0 Å². The molecular formula is C30H24BrFN2O4S. The average Bonchev–Trinajstić information content (AvgIpc) is 3.42. The molecule has 0 radical (unpaired) electrons. The molecule has 1 aromatic heterocycles. The summed E-state index contributed by atoms with van der Waals surface area (Å²) in [5.74, 6) is -0.444. The van der Waals surface area contributed by atoms with Crippen LogP contribution in [-0.4, -0.2) is 34.4 Å². The van der Waals surface area contributed by atoms with Gasteiger partial charge in [-0.25, -0.2) is 14.2 Å². The number of ether oxygens (including phenoxy) is 2. The van der Waals surface area contributed by atoms with Crippen LogP contribution in [0.1, 0.15) is 18.1 Å². The van der Waals surface area contributed by atoms with E-state index in [1.165, 1.54) is 17.8 Å². The highest BCUT2D eigenvalue weighted by molar-refractivity contribution is 9.10. The van der Waals surface area contributed by atoms with Crippen LogP contribution in [0.5, 0.6) is 5.75 Å². The van der Waals surface area contributed by atoms with Gasteiger partial charge in [0.1, 0.15) is 27.9 Å². The standard InChI is InChI=1S/C30H24BrFN2O4S/c1-3-38-30(36)27-28(35)26(39-29(27)33-21-9-11-22(37-2)12-10-21)14-19-17-34(16-18-6-4-5-7-24(18)32)25-13-8-20(31)15-23(19)25/h4-15,17,35H,3,16H2,1-2H3/b26-14-,33-29?. The summed E-state index contributed by atoms with van der Waals surface area (Å²) in [4.78, 5) is 17.9. The number of aliphatic hydroxyl groups excluding tert-OH is 1. The van der Waals surface area contributed by atoms with Crippen LogP contribution >= 0.6 is 27.7 Å². The Morgan fingerprint density at radius 2 is 1.92 bits per heavy atom. The first-order chi connectivity index (χ1) is 18.9. The molecule has 5 rings (SSSR count). The SMILES string of the molecule is CCOC(=O)C1=C(O)/C(=C/c2cn(Cc3ccccc3F)c3ccc(Br)cc23)SC1=Nc1ccc(OC)cc1. The van der Waals surface area contributed by atoms with E-state index in [1.54, 1.807) is 50.4 Å². The molecule has 39 heavy (non-hydrogen) atoms. The average molecular weight is 608 g/mol. The predicted octanol–water partition coefficient (Wildman–Crippen LogP) is 7.79. The number of carbonyl (C=O) groups is 1. The first-order valence-corrected chi connectivity index (χ1v) is 13.7. The molecule has 0 amide bonds. The number of benzene rings is 3. The van der Waals surface area contributed by atoms with Crippen LogP contribution < -0.4 is 4.74 Å². The molecule has 3 aromatic carbocycles. The van der Waals surface area contributed by atoms with Crippen LogP contribution in [0.2, 0.25) is 0 Å². The predicted molar refractivity (Wildman–Crippen MR) is 157 cm³/mol. The van der Waals surface area contributed by atoms with Gasteiger partial charge in [0.25, 0.3) is 0 Å². The maximum atomic E-state index is 14.4. The molecule has 0 saturated heterocycles. The quantitative estimate of drug-likeness (QED) is 0.217. The lowest BCUT2D eigenvalue weighted by molar-refractivity contribution is -0.138. The van der Waals surface area contributed by atoms with E-state index in [9.17, 15) is 14.3 Å². The molecule has 0 aliphatic carbocycles. The molecule has 9 heteroatoms. The molecule has 0 unspecified atom stereocenters. The van der Waals surface area contributed by atoms with Crippen molar-refractivity contribution >= 4 is 61.4 Å². The second-order valence-corrected chi connectivity index (χ2v) is 10.6. The Labute approximate surface area is 237 Å². The molecule has 198 valence electrons. The molecule has 6 nitrogen and oxygen atoms in total. The third-order valence-electron chi connectivity index (χ3n) is 6.13. The minimum atomic E-state index is -0.650. The first-order valence-electron chi connectivity index (χ1n) is 12.1. The van der Waals surface area contributed by atoms with Gasteiger partial charge in [-0.3, -0.25) is 0 Å². The Kier molecular flexibility index (Phi) is 7.90. The number of aliphatic imine (C=N–C) groups is 1. The monoisotopic (exact) mass is 606 g/mol. The van der Waals surface area contributed by atoms with E-state index in [0.29, 0.717) is 33.5 Å². The summed E-state index contributed by atoms with van der Waals surface area (Å²) in [6, 6.07) is 19.6. The molecule has 0 saturated carbocycles. The van der Waals surface area contributed by atoms with E-state index < -0.39 is 5.97 Å². The zero-order valence-electron chi connectivity index (χ0n) is 21.2. The number of methoxy groups -OCH3 is 1. The second-order valence-electron chi connectivity index (χ2n) is 8.63. The van der Waals surface area contributed by atoms with E-state index in [0.717, 1.165) is 20.9 Å². The van der Waals surface area contributed by atoms with E-state index in [-0.39, 0.29) is 23.8 Å². The third kappa shape index (κ3) is 5.65. The molecule has 4 aromatic rings. The van der Waals surface area contributed by atoms with Crippen molar-refractivity contribution in [3.8, 4) is 5.75 Å². The highest BCUT2D eigenvalue weighted by atomic mass is 79.9. The number of hydrogen-bond acceptors (Lipinski definition) is 6. The Balaban J connectivity index is 1.59. The number of fused-ring (bicyclic) bond motifs is 1. The number of aromatic nitrogens is 1. The Morgan fingerprint density at radius 3 is 2.64 bits per heavy atom. The van der Waals surface area contributed by atoms with Crippen molar-refractivity contribution in [2.45, 2.75) is 13.5 Å². The van der Waals surface area contributed by atoms with Gasteiger partial charge in [0.05, 0.1) is 30.9 Å². The van der Waals surface area contributed by atoms with Crippen molar-refractivity contribution in [2.24, 2.45) is 4.99 Å². The van der Waals surface area contributed by atoms with E-state index >= 15 is 0 Å². The largest absolute Gasteiger partial charge is 0.506 e. The Bertz CT molecular complexity index is 1660. The molecule has 1 N–H and O–H groups in total. The summed E-state index contributed by atoms with van der Waals surface area (Å²) in [6.07, 6.45) is 3.72. The lowest BCUT2D eigenvalue weighted by Crippen LogP contribution is -2.12. The number of nitrogens with zero attached hydrogens (tertiary/aromatic N) is 2. The normalized spacial score (nSPS) is 15.5. The number of esters is 1. The van der Waals surface area contributed by atoms with Gasteiger partial charge >= 0.3 is 5.97 Å². The van der Waals surface area contributed by atoms with Crippen LogP contribution in [-0.2, 0) is 16.1 Å². The Morgan fingerprint density at radius 1 is 1.15 bits per heavy atom. The summed E-state index contributed by atoms with van der Waals surface area (Å²) in [7, 11) is 1.58. The highest BCUT2D eigenvalue weighted by Gasteiger charge is 2.33. The lowest BCUT2D eigenvalue weighted by atomic mass is 10.1. The van der Waals surface area contributed by atoms with Crippen molar-refractivity contribution in [1.82, 2.24) is 4.57 Å². The van der Waals surface area contributed by atoms with Crippen LogP contribution in [0.3, 0.4) is 0 Å². The summed E-state index contributed by atoms with van der Waals surface area (Å²) in [5.41, 5.74) is 2.87. The van der Waals surface area contributed by atoms with Gasteiger partial charge in [0.15, 0.2) is 0 Å². The zero-order valence-corrected chi connectivity index (χ0v) is 23.6. The van der Waals surface area contributed by atoms with Crippen LogP contribution in [0, 0.1) is 5.82 Å². The fourth-order valence-electron chi connectivity index (χ4n) is 4.26. The van der Waals surface area contributed by atoms with Crippen molar-refractivity contribution < 1.29 is 23.8 Å². The summed E-state index contributed by atoms with van der Waals surface area (Å²) in [6.45, 7) is 2.20. The molecule has 1 aliphatic rings. The fraction of sp³-hybridized carbons (Fsp3) is 0.133. The number of hydrogen-bond donors (Lipinski definition) is 1. The minimum absolute atomic E-state index is 0.0141. The summed E-state index contributed by atoms with van der Waals surface area (Å²) < 4.78 is 27.7. The zero-order chi connectivity index (χ0) is 27.5. The van der Waals surface area contributed by atoms with Gasteiger partial charge in [0.2, 0.25) is 0 Å². The number of rotatable bonds is 7. The molecular weight excluding hydrogens is 583 g/mol. The van der Waals surface area contributed by atoms with Gasteiger partial charge < -0.3 is 19.1 Å². The van der Waals surface area contributed by atoms with Gasteiger partial charge in [-0.2, -0.15) is 0 Å². The summed E-state index contributed by atoms with van der Waals surface area (Å²) >= 11 is 4.72. The number of thioether (sulfide) groups is 1. The Hall–Kier alpha value is -3.82. The van der Waals surface area contributed by atoms with Crippen molar-refractivity contribution in [3.63, 3.8) is 0 Å². The fourth-order valence-corrected chi connectivity index (χ4v) is 5.65. The van der Waals surface area contributed by atoms with Crippen LogP contribution in [0.15, 0.2) is 98.6 Å². The topological polar surface area (TPSA) is 73.0 Å². The van der Waals surface area contributed by atoms with Crippen molar-refractivity contribution in [1.29, 1.82) is 0 Å². The molecule has 0 spiro atoms. The minimum Gasteiger partial charge on any atom is -0.506 e. The molecule has 0 bridgehead atoms. The number of carbonyl (C=O) groups excluding carboxylic acids is 1. The maximum absolute atomic E-state index is 14.4. The molecule has 0 fully saturated rings. The van der Waals surface area contributed by atoms with E-state index in [1.807, 2.05) is 41.1 Å². The van der Waals surface area contributed by atoms with Gasteiger partial charge in [-0.05, 0) is 61.5 Å². The van der Waals surface area contributed by atoms with Crippen molar-refractivity contribution in [2.75, 3.05) is 13.7 Å². The summed E-state index contributed by atoms with van der Waals surface area (Å²) in [5, 5.41) is 12.4. The van der Waals surface area contributed by atoms with E-state index in [4.69, 9.17) is 9.47 Å².